The molecule has 1 aromatic carbocycles. The molecule has 0 aromatic heterocycles. The molecule has 2 bridgehead atoms. The zero-order chi connectivity index (χ0) is 16.8. The molecular weight excluding hydrogens is 332 g/mol. The maximum Gasteiger partial charge on any atom is 0.261 e. The van der Waals surface area contributed by atoms with Crippen molar-refractivity contribution in [2.75, 3.05) is 6.61 Å². The number of fused-ring (bicyclic) bond motifs is 3. The zero-order valence-corrected chi connectivity index (χ0v) is 13.3. The highest BCUT2D eigenvalue weighted by Gasteiger charge is 2.50. The van der Waals surface area contributed by atoms with Crippen molar-refractivity contribution in [3.05, 3.63) is 35.4 Å². The molecule has 1 aromatic rings. The molecule has 2 saturated heterocycles. The van der Waals surface area contributed by atoms with Gasteiger partial charge in [0.25, 0.3) is 11.8 Å². The zero-order valence-electron chi connectivity index (χ0n) is 12.5. The van der Waals surface area contributed by atoms with Crippen molar-refractivity contribution in [3.8, 4) is 0 Å². The number of nitrogens with two attached hydrogens (primary N) is 1. The summed E-state index contributed by atoms with van der Waals surface area (Å²) in [5.74, 6) is -0.646. The van der Waals surface area contributed by atoms with Crippen molar-refractivity contribution in [2.45, 2.75) is 24.9 Å². The molecule has 8 nitrogen and oxygen atoms in total. The topological polar surface area (TPSA) is 106 Å². The third-order valence-electron chi connectivity index (χ3n) is 4.30. The molecule has 0 aliphatic carbocycles. The summed E-state index contributed by atoms with van der Waals surface area (Å²) in [4.78, 5) is 26.6. The molecule has 9 heteroatoms. The summed E-state index contributed by atoms with van der Waals surface area (Å²) in [7, 11) is 0. The normalized spacial score (nSPS) is 29.9. The van der Waals surface area contributed by atoms with Gasteiger partial charge in [0.05, 0.1) is 29.5 Å². The minimum atomic E-state index is -0.608. The van der Waals surface area contributed by atoms with Gasteiger partial charge in [0.2, 0.25) is 0 Å². The average Bonchev–Trinajstić information content (AvgIpc) is 3.10. The number of carbonyl (C=O) groups excluding carboxylic acids is 2. The number of hydrogen-bond acceptors (Lipinski definition) is 6. The molecule has 3 atom stereocenters. The van der Waals surface area contributed by atoms with Gasteiger partial charge in [-0.2, -0.15) is 5.10 Å². The number of amides is 2. The molecule has 3 heterocycles. The van der Waals surface area contributed by atoms with E-state index in [1.165, 1.54) is 4.90 Å². The Morgan fingerprint density at radius 1 is 1.29 bits per heavy atom. The molecule has 2 amide bonds. The largest absolute Gasteiger partial charge is 0.375 e. The van der Waals surface area contributed by atoms with Crippen LogP contribution in [0, 0.1) is 0 Å². The Kier molecular flexibility index (Phi) is 3.56. The molecule has 0 radical (unpaired) electrons. The Morgan fingerprint density at radius 3 is 2.58 bits per heavy atom. The lowest BCUT2D eigenvalue weighted by Gasteiger charge is -2.33. The molecule has 0 spiro atoms. The van der Waals surface area contributed by atoms with E-state index in [1.54, 1.807) is 24.3 Å². The van der Waals surface area contributed by atoms with Crippen LogP contribution in [-0.4, -0.2) is 52.6 Å². The van der Waals surface area contributed by atoms with E-state index in [0.717, 1.165) is 0 Å². The average molecular weight is 346 g/mol. The highest BCUT2D eigenvalue weighted by atomic mass is 32.1. The number of hydrazone groups is 1. The van der Waals surface area contributed by atoms with Crippen LogP contribution >= 0.6 is 12.2 Å². The van der Waals surface area contributed by atoms with E-state index < -0.39 is 12.3 Å². The van der Waals surface area contributed by atoms with E-state index >= 15 is 0 Å². The molecular formula is C15H14N4O4S. The number of hydrogen-bond donors (Lipinski definition) is 2. The van der Waals surface area contributed by atoms with Gasteiger partial charge in [-0.25, -0.2) is 0 Å². The number of nitrogens with zero attached hydrogens (tertiary/aromatic N) is 2. The first-order chi connectivity index (χ1) is 11.6. The molecule has 3 aliphatic heterocycles. The van der Waals surface area contributed by atoms with E-state index in [1.807, 2.05) is 0 Å². The highest BCUT2D eigenvalue weighted by molar-refractivity contribution is 7.80. The number of thiocarbonyl (C=S) groups is 1. The lowest BCUT2D eigenvalue weighted by atomic mass is 10.0. The minimum Gasteiger partial charge on any atom is -0.375 e. The van der Waals surface area contributed by atoms with Crippen LogP contribution in [0.15, 0.2) is 29.4 Å². The van der Waals surface area contributed by atoms with Crippen LogP contribution in [0.4, 0.5) is 0 Å². The van der Waals surface area contributed by atoms with Crippen molar-refractivity contribution in [3.63, 3.8) is 0 Å². The second-order valence-corrected chi connectivity index (χ2v) is 6.16. The Hall–Kier alpha value is -2.36. The maximum atomic E-state index is 12.7. The van der Waals surface area contributed by atoms with Crippen molar-refractivity contribution >= 4 is 34.9 Å². The molecule has 2 fully saturated rings. The third kappa shape index (κ3) is 2.29. The predicted octanol–water partition coefficient (Wildman–Crippen LogP) is -0.0144. The predicted molar refractivity (Wildman–Crippen MR) is 87.3 cm³/mol. The van der Waals surface area contributed by atoms with Crippen LogP contribution in [-0.2, 0) is 9.47 Å². The van der Waals surface area contributed by atoms with Crippen molar-refractivity contribution in [2.24, 2.45) is 10.8 Å². The van der Waals surface area contributed by atoms with Crippen LogP contribution in [0.3, 0.4) is 0 Å². The van der Waals surface area contributed by atoms with Gasteiger partial charge in [-0.15, -0.1) is 0 Å². The Morgan fingerprint density at radius 2 is 1.96 bits per heavy atom. The van der Waals surface area contributed by atoms with Gasteiger partial charge in [0, 0.05) is 6.42 Å². The lowest BCUT2D eigenvalue weighted by molar-refractivity contribution is -0.0376. The number of ether oxygens (including phenoxy) is 2. The fraction of sp³-hybridized carbons (Fsp3) is 0.333. The van der Waals surface area contributed by atoms with Crippen LogP contribution in [0.1, 0.15) is 27.1 Å². The van der Waals surface area contributed by atoms with Crippen molar-refractivity contribution in [1.82, 2.24) is 10.3 Å². The second kappa shape index (κ2) is 5.62. The maximum absolute atomic E-state index is 12.7. The van der Waals surface area contributed by atoms with E-state index in [0.29, 0.717) is 23.3 Å². The third-order valence-corrected chi connectivity index (χ3v) is 4.39. The van der Waals surface area contributed by atoms with Crippen molar-refractivity contribution < 1.29 is 19.1 Å². The molecule has 0 saturated carbocycles. The van der Waals surface area contributed by atoms with Gasteiger partial charge in [-0.05, 0) is 24.4 Å². The van der Waals surface area contributed by atoms with Crippen LogP contribution < -0.4 is 11.2 Å². The molecule has 4 rings (SSSR count). The summed E-state index contributed by atoms with van der Waals surface area (Å²) in [6.45, 7) is 0.287. The molecule has 24 heavy (non-hydrogen) atoms. The summed E-state index contributed by atoms with van der Waals surface area (Å²) >= 11 is 4.73. The SMILES string of the molecule is NC(=S)N/N=C1/C[C@H](N2C(=O)c3ccccc3C2=O)[C@H]2CO[C@@H]1O2. The molecule has 0 unspecified atom stereocenters. The van der Waals surface area contributed by atoms with Crippen LogP contribution in [0.5, 0.6) is 0 Å². The van der Waals surface area contributed by atoms with Crippen LogP contribution in [0.25, 0.3) is 0 Å². The lowest BCUT2D eigenvalue weighted by Crippen LogP contribution is -2.52. The van der Waals surface area contributed by atoms with E-state index in [-0.39, 0.29) is 29.6 Å². The Bertz CT molecular complexity index is 745. The summed E-state index contributed by atoms with van der Waals surface area (Å²) in [5, 5.41) is 4.10. The van der Waals surface area contributed by atoms with E-state index in [4.69, 9.17) is 27.4 Å². The summed E-state index contributed by atoms with van der Waals surface area (Å²) in [6.07, 6.45) is -0.638. The number of benzene rings is 1. The smallest absolute Gasteiger partial charge is 0.261 e. The standard InChI is InChI=1S/C15H14N4O4S/c16-15(24)18-17-9-5-10(11-6-22-14(9)23-11)19-12(20)7-3-1-2-4-8(7)13(19)21/h1-4,10-11,14H,5-6H2,(H3,16,18,24)/b17-9-/t10-,11+,14+/m0/s1. The summed E-state index contributed by atoms with van der Waals surface area (Å²) in [6, 6.07) is 6.28. The molecule has 3 N–H and O–H groups in total. The molecule has 3 aliphatic rings. The van der Waals surface area contributed by atoms with E-state index in [9.17, 15) is 9.59 Å². The number of imide groups is 1. The van der Waals surface area contributed by atoms with Gasteiger partial charge < -0.3 is 15.2 Å². The van der Waals surface area contributed by atoms with Crippen LogP contribution in [0.2, 0.25) is 0 Å². The number of carbonyl (C=O) groups is 2. The van der Waals surface area contributed by atoms with Gasteiger partial charge in [-0.3, -0.25) is 19.9 Å². The fourth-order valence-corrected chi connectivity index (χ4v) is 3.28. The van der Waals surface area contributed by atoms with Gasteiger partial charge >= 0.3 is 0 Å². The first kappa shape index (κ1) is 15.2. The number of nitrogens with one attached hydrogen (secondary N) is 1. The monoisotopic (exact) mass is 346 g/mol. The first-order valence-corrected chi connectivity index (χ1v) is 7.83. The summed E-state index contributed by atoms with van der Waals surface area (Å²) in [5.41, 5.74) is 9.20. The highest BCUT2D eigenvalue weighted by Crippen LogP contribution is 2.33. The quantitative estimate of drug-likeness (QED) is 0.440. The second-order valence-electron chi connectivity index (χ2n) is 5.72. The Balaban J connectivity index is 1.65. The van der Waals surface area contributed by atoms with Gasteiger partial charge in [0.1, 0.15) is 6.10 Å². The fourth-order valence-electron chi connectivity index (χ4n) is 3.23. The Labute approximate surface area is 142 Å². The summed E-state index contributed by atoms with van der Waals surface area (Å²) < 4.78 is 11.3. The van der Waals surface area contributed by atoms with Gasteiger partial charge in [0.15, 0.2) is 11.4 Å². The molecule has 124 valence electrons. The van der Waals surface area contributed by atoms with Gasteiger partial charge in [-0.1, -0.05) is 12.1 Å². The van der Waals surface area contributed by atoms with Crippen molar-refractivity contribution in [1.29, 1.82) is 0 Å². The number of rotatable bonds is 2. The van der Waals surface area contributed by atoms with E-state index in [2.05, 4.69) is 10.5 Å². The minimum absolute atomic E-state index is 0.0138. The first-order valence-electron chi connectivity index (χ1n) is 7.42.